The van der Waals surface area contributed by atoms with Crippen molar-refractivity contribution in [3.05, 3.63) is 0 Å². The van der Waals surface area contributed by atoms with Crippen LogP contribution in [0.25, 0.3) is 0 Å². The third-order valence-corrected chi connectivity index (χ3v) is 4.25. The monoisotopic (exact) mass is 284 g/mol. The highest BCUT2D eigenvalue weighted by Crippen LogP contribution is 2.25. The van der Waals surface area contributed by atoms with Gasteiger partial charge in [-0.2, -0.15) is 0 Å². The molecule has 2 amide bonds. The lowest BCUT2D eigenvalue weighted by Gasteiger charge is -2.40. The number of carboxylic acid groups (broad SMARTS) is 1. The Morgan fingerprint density at radius 3 is 2.35 bits per heavy atom. The number of carbonyl (C=O) groups is 2. The van der Waals surface area contributed by atoms with Crippen LogP contribution in [0.15, 0.2) is 0 Å². The lowest BCUT2D eigenvalue weighted by atomic mass is 9.93. The molecular weight excluding hydrogens is 260 g/mol. The van der Waals surface area contributed by atoms with E-state index in [-0.39, 0.29) is 12.1 Å². The third-order valence-electron chi connectivity index (χ3n) is 4.25. The van der Waals surface area contributed by atoms with E-state index in [1.54, 1.807) is 16.7 Å². The molecule has 0 aromatic carbocycles. The SMILES string of the molecule is C[C@@H](C(=O)O)N(C(=O)N1CCOCC1)C1CCCCC1. The Morgan fingerprint density at radius 2 is 1.80 bits per heavy atom. The van der Waals surface area contributed by atoms with E-state index in [2.05, 4.69) is 0 Å². The maximum absolute atomic E-state index is 12.7. The van der Waals surface area contributed by atoms with Gasteiger partial charge in [0.25, 0.3) is 0 Å². The molecule has 1 saturated heterocycles. The molecule has 1 aliphatic heterocycles. The van der Waals surface area contributed by atoms with Crippen molar-refractivity contribution < 1.29 is 19.4 Å². The first-order valence-corrected chi connectivity index (χ1v) is 7.49. The van der Waals surface area contributed by atoms with Crippen molar-refractivity contribution >= 4 is 12.0 Å². The highest BCUT2D eigenvalue weighted by molar-refractivity contribution is 5.82. The van der Waals surface area contributed by atoms with Crippen LogP contribution < -0.4 is 0 Å². The van der Waals surface area contributed by atoms with Gasteiger partial charge in [0, 0.05) is 19.1 Å². The van der Waals surface area contributed by atoms with Crippen molar-refractivity contribution in [3.8, 4) is 0 Å². The first kappa shape index (κ1) is 15.1. The second-order valence-electron chi connectivity index (χ2n) is 5.60. The maximum atomic E-state index is 12.7. The summed E-state index contributed by atoms with van der Waals surface area (Å²) in [5.74, 6) is -0.933. The Hall–Kier alpha value is -1.30. The molecule has 1 heterocycles. The van der Waals surface area contributed by atoms with Crippen LogP contribution in [0.5, 0.6) is 0 Å². The van der Waals surface area contributed by atoms with Gasteiger partial charge in [0.2, 0.25) is 0 Å². The number of urea groups is 1. The number of hydrogen-bond acceptors (Lipinski definition) is 3. The zero-order valence-electron chi connectivity index (χ0n) is 12.1. The van der Waals surface area contributed by atoms with E-state index in [1.807, 2.05) is 0 Å². The summed E-state index contributed by atoms with van der Waals surface area (Å²) < 4.78 is 5.25. The van der Waals surface area contributed by atoms with Crippen molar-refractivity contribution in [1.29, 1.82) is 0 Å². The molecule has 1 aliphatic carbocycles. The number of nitrogens with zero attached hydrogens (tertiary/aromatic N) is 2. The number of morpholine rings is 1. The van der Waals surface area contributed by atoms with Crippen molar-refractivity contribution in [2.24, 2.45) is 0 Å². The summed E-state index contributed by atoms with van der Waals surface area (Å²) in [6.45, 7) is 3.77. The summed E-state index contributed by atoms with van der Waals surface area (Å²) in [5.41, 5.74) is 0. The molecule has 1 saturated carbocycles. The standard InChI is InChI=1S/C14H24N2O4/c1-11(13(17)18)16(12-5-3-2-4-6-12)14(19)15-7-9-20-10-8-15/h11-12H,2-10H2,1H3,(H,17,18)/t11-/m0/s1. The van der Waals surface area contributed by atoms with Gasteiger partial charge in [-0.1, -0.05) is 19.3 Å². The fourth-order valence-corrected chi connectivity index (χ4v) is 3.03. The first-order chi connectivity index (χ1) is 9.61. The summed E-state index contributed by atoms with van der Waals surface area (Å²) in [4.78, 5) is 27.3. The summed E-state index contributed by atoms with van der Waals surface area (Å²) in [5, 5.41) is 9.29. The molecule has 1 N–H and O–H groups in total. The summed E-state index contributed by atoms with van der Waals surface area (Å²) in [6, 6.07) is -0.853. The van der Waals surface area contributed by atoms with Gasteiger partial charge >= 0.3 is 12.0 Å². The molecule has 0 unspecified atom stereocenters. The molecule has 0 aromatic rings. The van der Waals surface area contributed by atoms with Gasteiger partial charge in [-0.05, 0) is 19.8 Å². The van der Waals surface area contributed by atoms with Gasteiger partial charge in [-0.25, -0.2) is 9.59 Å². The number of rotatable bonds is 3. The smallest absolute Gasteiger partial charge is 0.326 e. The number of ether oxygens (including phenoxy) is 1. The van der Waals surface area contributed by atoms with E-state index in [4.69, 9.17) is 4.74 Å². The summed E-state index contributed by atoms with van der Waals surface area (Å²) in [7, 11) is 0. The fraction of sp³-hybridized carbons (Fsp3) is 0.857. The number of aliphatic carboxylic acids is 1. The Kier molecular flexibility index (Phi) is 5.23. The Bertz CT molecular complexity index is 349. The molecule has 2 aliphatic rings. The fourth-order valence-electron chi connectivity index (χ4n) is 3.03. The predicted octanol–water partition coefficient (Wildman–Crippen LogP) is 1.55. The van der Waals surface area contributed by atoms with Crippen LogP contribution in [0.1, 0.15) is 39.0 Å². The Morgan fingerprint density at radius 1 is 1.20 bits per heavy atom. The highest BCUT2D eigenvalue weighted by Gasteiger charge is 2.35. The summed E-state index contributed by atoms with van der Waals surface area (Å²) in [6.07, 6.45) is 5.15. The van der Waals surface area contributed by atoms with E-state index in [9.17, 15) is 14.7 Å². The van der Waals surface area contributed by atoms with Crippen molar-refractivity contribution in [2.75, 3.05) is 26.3 Å². The number of amides is 2. The van der Waals surface area contributed by atoms with Crippen LogP contribution in [-0.2, 0) is 9.53 Å². The van der Waals surface area contributed by atoms with Gasteiger partial charge in [0.1, 0.15) is 6.04 Å². The Balaban J connectivity index is 2.11. The second-order valence-corrected chi connectivity index (χ2v) is 5.60. The maximum Gasteiger partial charge on any atom is 0.326 e. The highest BCUT2D eigenvalue weighted by atomic mass is 16.5. The van der Waals surface area contributed by atoms with Gasteiger partial charge in [-0.3, -0.25) is 0 Å². The van der Waals surface area contributed by atoms with E-state index in [0.29, 0.717) is 26.3 Å². The first-order valence-electron chi connectivity index (χ1n) is 7.49. The van der Waals surface area contributed by atoms with Gasteiger partial charge < -0.3 is 19.6 Å². The molecule has 114 valence electrons. The minimum absolute atomic E-state index is 0.0604. The van der Waals surface area contributed by atoms with Crippen LogP contribution in [0.4, 0.5) is 4.79 Å². The van der Waals surface area contributed by atoms with Crippen molar-refractivity contribution in [1.82, 2.24) is 9.80 Å². The quantitative estimate of drug-likeness (QED) is 0.853. The predicted molar refractivity (Wildman–Crippen MR) is 73.6 cm³/mol. The summed E-state index contributed by atoms with van der Waals surface area (Å²) >= 11 is 0. The van der Waals surface area contributed by atoms with E-state index >= 15 is 0 Å². The molecule has 6 heteroatoms. The number of hydrogen-bond donors (Lipinski definition) is 1. The van der Waals surface area contributed by atoms with Gasteiger partial charge in [0.15, 0.2) is 0 Å². The van der Waals surface area contributed by atoms with Gasteiger partial charge in [0.05, 0.1) is 13.2 Å². The second kappa shape index (κ2) is 6.92. The molecule has 2 rings (SSSR count). The van der Waals surface area contributed by atoms with Crippen LogP contribution in [0, 0.1) is 0 Å². The molecular formula is C14H24N2O4. The molecule has 0 spiro atoms. The minimum atomic E-state index is -0.933. The minimum Gasteiger partial charge on any atom is -0.480 e. The Labute approximate surface area is 119 Å². The average Bonchev–Trinajstić information content (AvgIpc) is 2.49. The average molecular weight is 284 g/mol. The lowest BCUT2D eigenvalue weighted by molar-refractivity contribution is -0.142. The van der Waals surface area contributed by atoms with Crippen molar-refractivity contribution in [3.63, 3.8) is 0 Å². The van der Waals surface area contributed by atoms with E-state index in [0.717, 1.165) is 25.7 Å². The zero-order valence-corrected chi connectivity index (χ0v) is 12.1. The van der Waals surface area contributed by atoms with Crippen LogP contribution in [0.3, 0.4) is 0 Å². The molecule has 0 bridgehead atoms. The molecule has 20 heavy (non-hydrogen) atoms. The third kappa shape index (κ3) is 3.42. The molecule has 1 atom stereocenters. The molecule has 6 nitrogen and oxygen atoms in total. The van der Waals surface area contributed by atoms with Crippen LogP contribution in [0.2, 0.25) is 0 Å². The lowest BCUT2D eigenvalue weighted by Crippen LogP contribution is -2.56. The molecule has 0 radical (unpaired) electrons. The van der Waals surface area contributed by atoms with Gasteiger partial charge in [-0.15, -0.1) is 0 Å². The van der Waals surface area contributed by atoms with Crippen molar-refractivity contribution in [2.45, 2.75) is 51.1 Å². The normalized spacial score (nSPS) is 22.4. The molecule has 0 aromatic heterocycles. The number of carbonyl (C=O) groups excluding carboxylic acids is 1. The zero-order chi connectivity index (χ0) is 14.5. The molecule has 2 fully saturated rings. The van der Waals surface area contributed by atoms with E-state index < -0.39 is 12.0 Å². The van der Waals surface area contributed by atoms with Crippen LogP contribution in [-0.4, -0.2) is 65.3 Å². The van der Waals surface area contributed by atoms with E-state index in [1.165, 1.54) is 6.42 Å². The number of carboxylic acids is 1. The van der Waals surface area contributed by atoms with Crippen LogP contribution >= 0.6 is 0 Å². The largest absolute Gasteiger partial charge is 0.480 e. The topological polar surface area (TPSA) is 70.1 Å².